The summed E-state index contributed by atoms with van der Waals surface area (Å²) in [4.78, 5) is 15.3. The lowest BCUT2D eigenvalue weighted by atomic mass is 9.85. The third-order valence-electron chi connectivity index (χ3n) is 9.26. The van der Waals surface area contributed by atoms with E-state index in [0.717, 1.165) is 64.1 Å². The molecule has 0 saturated carbocycles. The van der Waals surface area contributed by atoms with Crippen LogP contribution in [-0.4, -0.2) is 15.0 Å². The minimum Gasteiger partial charge on any atom is -0.456 e. The first-order chi connectivity index (χ1) is 23.3. The summed E-state index contributed by atoms with van der Waals surface area (Å²) in [5.74, 6) is 3.00. The second kappa shape index (κ2) is 11.5. The third kappa shape index (κ3) is 5.08. The van der Waals surface area contributed by atoms with Gasteiger partial charge in [0.05, 0.1) is 0 Å². The van der Waals surface area contributed by atoms with Gasteiger partial charge in [-0.25, -0.2) is 15.0 Å². The topological polar surface area (TPSA) is 51.8 Å². The van der Waals surface area contributed by atoms with E-state index in [1.807, 2.05) is 36.4 Å². The van der Waals surface area contributed by atoms with Gasteiger partial charge in [-0.05, 0) is 88.7 Å². The zero-order chi connectivity index (χ0) is 31.2. The number of aryl methyl sites for hydroxylation is 1. The highest BCUT2D eigenvalue weighted by atomic mass is 16.3. The van der Waals surface area contributed by atoms with Crippen LogP contribution in [-0.2, 0) is 6.42 Å². The molecule has 47 heavy (non-hydrogen) atoms. The van der Waals surface area contributed by atoms with Crippen molar-refractivity contribution >= 4 is 27.8 Å². The van der Waals surface area contributed by atoms with Crippen molar-refractivity contribution in [3.8, 4) is 45.2 Å². The van der Waals surface area contributed by atoms with Crippen LogP contribution in [0.2, 0.25) is 0 Å². The minimum absolute atomic E-state index is 0.0832. The highest BCUT2D eigenvalue weighted by Crippen LogP contribution is 2.40. The van der Waals surface area contributed by atoms with Gasteiger partial charge in [0.25, 0.3) is 0 Å². The van der Waals surface area contributed by atoms with E-state index >= 15 is 0 Å². The van der Waals surface area contributed by atoms with E-state index in [4.69, 9.17) is 19.4 Å². The highest BCUT2D eigenvalue weighted by molar-refractivity contribution is 5.97. The predicted molar refractivity (Wildman–Crippen MR) is 192 cm³/mol. The van der Waals surface area contributed by atoms with E-state index in [1.165, 1.54) is 27.5 Å². The Balaban J connectivity index is 1.30. The van der Waals surface area contributed by atoms with E-state index in [9.17, 15) is 0 Å². The highest BCUT2D eigenvalue weighted by Gasteiger charge is 2.21. The Morgan fingerprint density at radius 2 is 1.38 bits per heavy atom. The van der Waals surface area contributed by atoms with Gasteiger partial charge in [0.2, 0.25) is 0 Å². The number of hydrogen-bond donors (Lipinski definition) is 0. The predicted octanol–water partition coefficient (Wildman–Crippen LogP) is 11.0. The Morgan fingerprint density at radius 3 is 2.23 bits per heavy atom. The molecular weight excluding hydrogens is 574 g/mol. The number of allylic oxidation sites excluding steroid dienone is 5. The molecule has 0 bridgehead atoms. The lowest BCUT2D eigenvalue weighted by Crippen LogP contribution is -2.08. The maximum atomic E-state index is 6.45. The van der Waals surface area contributed by atoms with Gasteiger partial charge in [-0.15, -0.1) is 0 Å². The molecule has 0 N–H and O–H groups in total. The largest absolute Gasteiger partial charge is 0.456 e. The molecule has 0 fully saturated rings. The number of fused-ring (bicyclic) bond motifs is 4. The summed E-state index contributed by atoms with van der Waals surface area (Å²) in [5.41, 5.74) is 8.74. The summed E-state index contributed by atoms with van der Waals surface area (Å²) < 4.78 is 6.45. The van der Waals surface area contributed by atoms with E-state index in [1.54, 1.807) is 0 Å². The van der Waals surface area contributed by atoms with Gasteiger partial charge in [0.1, 0.15) is 17.2 Å². The Labute approximate surface area is 273 Å². The van der Waals surface area contributed by atoms with Crippen LogP contribution in [0.3, 0.4) is 0 Å². The summed E-state index contributed by atoms with van der Waals surface area (Å²) in [6, 6.07) is 38.2. The van der Waals surface area contributed by atoms with Crippen molar-refractivity contribution in [2.45, 2.75) is 25.2 Å². The fourth-order valence-corrected chi connectivity index (χ4v) is 6.92. The van der Waals surface area contributed by atoms with Crippen LogP contribution in [0.4, 0.5) is 0 Å². The van der Waals surface area contributed by atoms with Crippen LogP contribution < -0.4 is 0 Å². The van der Waals surface area contributed by atoms with E-state index in [-0.39, 0.29) is 5.92 Å². The molecule has 0 amide bonds. The van der Waals surface area contributed by atoms with E-state index in [0.29, 0.717) is 11.6 Å². The summed E-state index contributed by atoms with van der Waals surface area (Å²) >= 11 is 0. The zero-order valence-electron chi connectivity index (χ0n) is 25.8. The zero-order valence-corrected chi connectivity index (χ0v) is 25.8. The first-order valence-electron chi connectivity index (χ1n) is 16.3. The number of aromatic nitrogens is 3. The first-order valence-corrected chi connectivity index (χ1v) is 16.3. The van der Waals surface area contributed by atoms with E-state index in [2.05, 4.69) is 109 Å². The van der Waals surface area contributed by atoms with Gasteiger partial charge >= 0.3 is 0 Å². The summed E-state index contributed by atoms with van der Waals surface area (Å²) in [6.45, 7) is 0. The molecule has 0 spiro atoms. The monoisotopic (exact) mass is 605 g/mol. The molecule has 9 rings (SSSR count). The number of benzene rings is 5. The summed E-state index contributed by atoms with van der Waals surface area (Å²) in [5, 5.41) is 3.65. The molecule has 2 heterocycles. The molecule has 5 aromatic carbocycles. The fourth-order valence-electron chi connectivity index (χ4n) is 6.92. The van der Waals surface area contributed by atoms with Gasteiger partial charge in [0.15, 0.2) is 11.6 Å². The second-order valence-electron chi connectivity index (χ2n) is 12.3. The number of para-hydroxylation sites is 1. The molecule has 0 aliphatic heterocycles. The van der Waals surface area contributed by atoms with Crippen LogP contribution in [0.15, 0.2) is 144 Å². The van der Waals surface area contributed by atoms with Crippen molar-refractivity contribution in [3.05, 3.63) is 157 Å². The quantitative estimate of drug-likeness (QED) is 0.196. The minimum atomic E-state index is 0.0832. The molecule has 1 unspecified atom stereocenters. The molecule has 1 atom stereocenters. The van der Waals surface area contributed by atoms with Gasteiger partial charge in [-0.1, -0.05) is 109 Å². The molecular formula is C43H31N3O. The van der Waals surface area contributed by atoms with Crippen LogP contribution in [0.5, 0.6) is 0 Å². The third-order valence-corrected chi connectivity index (χ3v) is 9.26. The lowest BCUT2D eigenvalue weighted by molar-refractivity contribution is 0.631. The van der Waals surface area contributed by atoms with Gasteiger partial charge in [-0.3, -0.25) is 0 Å². The van der Waals surface area contributed by atoms with Crippen LogP contribution in [0, 0.1) is 0 Å². The molecule has 224 valence electrons. The van der Waals surface area contributed by atoms with Crippen molar-refractivity contribution in [1.82, 2.24) is 15.0 Å². The molecule has 7 aromatic rings. The van der Waals surface area contributed by atoms with Crippen molar-refractivity contribution in [3.63, 3.8) is 0 Å². The van der Waals surface area contributed by atoms with Crippen LogP contribution >= 0.6 is 0 Å². The van der Waals surface area contributed by atoms with Crippen LogP contribution in [0.1, 0.15) is 35.7 Å². The normalized spacial score (nSPS) is 15.4. The van der Waals surface area contributed by atoms with Gasteiger partial charge < -0.3 is 4.42 Å². The van der Waals surface area contributed by atoms with Gasteiger partial charge in [-0.2, -0.15) is 0 Å². The van der Waals surface area contributed by atoms with Crippen molar-refractivity contribution in [1.29, 1.82) is 0 Å². The molecule has 2 aliphatic carbocycles. The molecule has 2 aliphatic rings. The molecule has 0 saturated heterocycles. The standard InChI is InChI=1S/C43H31N3O/c1-3-13-28(14-4-1)41-44-42(29-15-5-2-6-16-29)46-43(45-41)34-24-32(23-33(25-34)40-27-31-18-8-12-22-39(31)47-40)38-26-30-17-7-9-19-35(30)36-20-10-11-21-37(36)38/h1-9,11-15,17-19,21-27,29H,10,16,20H2. The molecule has 4 heteroatoms. The van der Waals surface area contributed by atoms with Crippen molar-refractivity contribution in [2.24, 2.45) is 0 Å². The summed E-state index contributed by atoms with van der Waals surface area (Å²) in [7, 11) is 0. The number of nitrogens with zero attached hydrogens (tertiary/aromatic N) is 3. The number of furan rings is 1. The SMILES string of the molecule is C1=CCC(c2nc(-c3ccccc3)nc(-c3cc(-c4cc5ccccc5o4)cc(-c4cc5ccccc5c5c4C=CCC5)c3)n2)C=C1. The smallest absolute Gasteiger partial charge is 0.163 e. The molecule has 2 aromatic heterocycles. The molecule has 4 nitrogen and oxygen atoms in total. The second-order valence-corrected chi connectivity index (χ2v) is 12.3. The maximum absolute atomic E-state index is 6.45. The van der Waals surface area contributed by atoms with E-state index < -0.39 is 0 Å². The van der Waals surface area contributed by atoms with Crippen LogP contribution in [0.25, 0.3) is 73.0 Å². The lowest BCUT2D eigenvalue weighted by Gasteiger charge is -2.20. The number of hydrogen-bond acceptors (Lipinski definition) is 4. The van der Waals surface area contributed by atoms with Gasteiger partial charge in [0, 0.05) is 28.0 Å². The van der Waals surface area contributed by atoms with Crippen molar-refractivity contribution in [2.75, 3.05) is 0 Å². The van der Waals surface area contributed by atoms with Crippen molar-refractivity contribution < 1.29 is 4.42 Å². The maximum Gasteiger partial charge on any atom is 0.163 e. The number of rotatable bonds is 5. The molecule has 0 radical (unpaired) electrons. The average molecular weight is 606 g/mol. The Hall–Kier alpha value is -5.87. The summed E-state index contributed by atoms with van der Waals surface area (Å²) in [6.07, 6.45) is 16.0. The average Bonchev–Trinajstić information content (AvgIpc) is 3.60. The first kappa shape index (κ1) is 27.4. The Bertz CT molecular complexity index is 2360. The fraction of sp³-hybridized carbons (Fsp3) is 0.0930. The Morgan fingerprint density at radius 1 is 0.617 bits per heavy atom. The Kier molecular flexibility index (Phi) is 6.71.